The van der Waals surface area contributed by atoms with E-state index in [1.807, 2.05) is 43.3 Å². The summed E-state index contributed by atoms with van der Waals surface area (Å²) < 4.78 is 7.03. The lowest BCUT2D eigenvalue weighted by atomic mass is 10.1. The van der Waals surface area contributed by atoms with Gasteiger partial charge in [0.15, 0.2) is 0 Å². The summed E-state index contributed by atoms with van der Waals surface area (Å²) >= 11 is 5.99. The summed E-state index contributed by atoms with van der Waals surface area (Å²) in [7, 11) is 1.58. The molecule has 36 heavy (non-hydrogen) atoms. The minimum atomic E-state index is -0.199. The summed E-state index contributed by atoms with van der Waals surface area (Å²) in [6.07, 6.45) is 0.767. The summed E-state index contributed by atoms with van der Waals surface area (Å²) in [6.45, 7) is 2.66. The Hall–Kier alpha value is -4.10. The number of amides is 2. The minimum absolute atomic E-state index is 0.109. The van der Waals surface area contributed by atoms with Gasteiger partial charge in [0.25, 0.3) is 5.91 Å². The SMILES string of the molecule is COc1ccc2c(c1)c(CC(=O)NCc1ccc(CNC=O)cc1)c(C)n2C(=O)c1ccc(Cl)cc1. The molecule has 0 fully saturated rings. The lowest BCUT2D eigenvalue weighted by Gasteiger charge is -2.09. The summed E-state index contributed by atoms with van der Waals surface area (Å²) in [5.41, 5.74) is 4.57. The van der Waals surface area contributed by atoms with Crippen LogP contribution >= 0.6 is 11.6 Å². The molecule has 0 radical (unpaired) electrons. The Morgan fingerprint density at radius 3 is 2.28 bits per heavy atom. The number of nitrogens with one attached hydrogen (secondary N) is 2. The van der Waals surface area contributed by atoms with Gasteiger partial charge in [0, 0.05) is 34.8 Å². The highest BCUT2D eigenvalue weighted by Crippen LogP contribution is 2.31. The first-order chi connectivity index (χ1) is 17.4. The van der Waals surface area contributed by atoms with E-state index < -0.39 is 0 Å². The number of carbonyl (C=O) groups excluding carboxylic acids is 3. The van der Waals surface area contributed by atoms with E-state index in [1.165, 1.54) is 0 Å². The van der Waals surface area contributed by atoms with Crippen LogP contribution in [-0.2, 0) is 29.1 Å². The Morgan fingerprint density at radius 1 is 0.972 bits per heavy atom. The van der Waals surface area contributed by atoms with Crippen LogP contribution in [0.1, 0.15) is 32.7 Å². The van der Waals surface area contributed by atoms with Gasteiger partial charge in [-0.05, 0) is 66.1 Å². The maximum absolute atomic E-state index is 13.4. The van der Waals surface area contributed by atoms with E-state index in [0.717, 1.165) is 22.1 Å². The van der Waals surface area contributed by atoms with Crippen molar-refractivity contribution in [2.45, 2.75) is 26.4 Å². The second-order valence-corrected chi connectivity index (χ2v) is 8.80. The van der Waals surface area contributed by atoms with E-state index in [2.05, 4.69) is 10.6 Å². The van der Waals surface area contributed by atoms with Crippen molar-refractivity contribution in [2.24, 2.45) is 0 Å². The summed E-state index contributed by atoms with van der Waals surface area (Å²) in [5, 5.41) is 6.92. The van der Waals surface area contributed by atoms with Crippen molar-refractivity contribution < 1.29 is 19.1 Å². The molecule has 3 aromatic carbocycles. The molecule has 0 aliphatic heterocycles. The molecule has 1 heterocycles. The van der Waals surface area contributed by atoms with Crippen molar-refractivity contribution in [3.63, 3.8) is 0 Å². The molecule has 0 atom stereocenters. The Labute approximate surface area is 214 Å². The van der Waals surface area contributed by atoms with Crippen molar-refractivity contribution >= 4 is 40.7 Å². The monoisotopic (exact) mass is 503 g/mol. The van der Waals surface area contributed by atoms with Gasteiger partial charge in [-0.25, -0.2) is 0 Å². The number of ether oxygens (including phenoxy) is 1. The van der Waals surface area contributed by atoms with E-state index in [9.17, 15) is 14.4 Å². The van der Waals surface area contributed by atoms with E-state index in [1.54, 1.807) is 42.0 Å². The molecule has 0 saturated carbocycles. The fourth-order valence-electron chi connectivity index (χ4n) is 4.15. The molecule has 2 amide bonds. The maximum Gasteiger partial charge on any atom is 0.262 e. The smallest absolute Gasteiger partial charge is 0.262 e. The Morgan fingerprint density at radius 2 is 1.64 bits per heavy atom. The Kier molecular flexibility index (Phi) is 7.71. The van der Waals surface area contributed by atoms with Gasteiger partial charge in [0.2, 0.25) is 12.3 Å². The van der Waals surface area contributed by atoms with Crippen molar-refractivity contribution in [2.75, 3.05) is 7.11 Å². The largest absolute Gasteiger partial charge is 0.497 e. The normalized spacial score (nSPS) is 10.8. The van der Waals surface area contributed by atoms with E-state index >= 15 is 0 Å². The second-order valence-electron chi connectivity index (χ2n) is 8.36. The Balaban J connectivity index is 1.58. The highest BCUT2D eigenvalue weighted by atomic mass is 35.5. The molecule has 0 unspecified atom stereocenters. The van der Waals surface area contributed by atoms with E-state index in [0.29, 0.717) is 47.0 Å². The van der Waals surface area contributed by atoms with Crippen LogP contribution in [-0.4, -0.2) is 29.9 Å². The number of carbonyl (C=O) groups is 3. The molecule has 8 heteroatoms. The van der Waals surface area contributed by atoms with Crippen molar-refractivity contribution in [3.05, 3.63) is 99.7 Å². The molecule has 184 valence electrons. The number of aromatic nitrogens is 1. The number of fused-ring (bicyclic) bond motifs is 1. The molecule has 2 N–H and O–H groups in total. The zero-order valence-electron chi connectivity index (χ0n) is 20.0. The molecule has 7 nitrogen and oxygen atoms in total. The molecule has 4 rings (SSSR count). The third-order valence-corrected chi connectivity index (χ3v) is 6.33. The molecule has 0 spiro atoms. The highest BCUT2D eigenvalue weighted by Gasteiger charge is 2.22. The highest BCUT2D eigenvalue weighted by molar-refractivity contribution is 6.30. The molecule has 0 saturated heterocycles. The molecule has 0 aliphatic rings. The van der Waals surface area contributed by atoms with Crippen molar-refractivity contribution in [1.82, 2.24) is 15.2 Å². The van der Waals surface area contributed by atoms with Gasteiger partial charge in [-0.1, -0.05) is 35.9 Å². The van der Waals surface area contributed by atoms with Gasteiger partial charge in [-0.15, -0.1) is 0 Å². The first-order valence-electron chi connectivity index (χ1n) is 11.4. The van der Waals surface area contributed by atoms with Crippen LogP contribution in [0.3, 0.4) is 0 Å². The van der Waals surface area contributed by atoms with Gasteiger partial charge in [0.05, 0.1) is 19.0 Å². The first kappa shape index (κ1) is 25.0. The standard InChI is InChI=1S/C28H26ClN3O4/c1-18-24(14-27(34)31-16-20-5-3-19(4-6-20)15-30-17-33)25-13-23(36-2)11-12-26(25)32(18)28(35)21-7-9-22(29)10-8-21/h3-13,17H,14-16H2,1-2H3,(H,30,33)(H,31,34). The van der Waals surface area contributed by atoms with Gasteiger partial charge >= 0.3 is 0 Å². The number of benzene rings is 3. The molecule has 4 aromatic rings. The minimum Gasteiger partial charge on any atom is -0.497 e. The molecule has 0 bridgehead atoms. The van der Waals surface area contributed by atoms with Gasteiger partial charge < -0.3 is 15.4 Å². The number of methoxy groups -OCH3 is 1. The van der Waals surface area contributed by atoms with Gasteiger partial charge in [0.1, 0.15) is 5.75 Å². The number of hydrogen-bond donors (Lipinski definition) is 2. The summed E-state index contributed by atoms with van der Waals surface area (Å²) in [4.78, 5) is 36.8. The maximum atomic E-state index is 13.4. The zero-order valence-corrected chi connectivity index (χ0v) is 20.8. The van der Waals surface area contributed by atoms with Crippen molar-refractivity contribution in [1.29, 1.82) is 0 Å². The summed E-state index contributed by atoms with van der Waals surface area (Å²) in [5.74, 6) is 0.283. The van der Waals surface area contributed by atoms with Crippen LogP contribution in [0.15, 0.2) is 66.7 Å². The van der Waals surface area contributed by atoms with Gasteiger partial charge in [-0.2, -0.15) is 0 Å². The van der Waals surface area contributed by atoms with E-state index in [4.69, 9.17) is 16.3 Å². The summed E-state index contributed by atoms with van der Waals surface area (Å²) in [6, 6.07) is 19.8. The predicted octanol–water partition coefficient (Wildman–Crippen LogP) is 4.41. The second kappa shape index (κ2) is 11.1. The Bertz CT molecular complexity index is 1410. The third kappa shape index (κ3) is 5.42. The lowest BCUT2D eigenvalue weighted by molar-refractivity contribution is -0.120. The average Bonchev–Trinajstić information content (AvgIpc) is 3.17. The van der Waals surface area contributed by atoms with Crippen LogP contribution in [0.2, 0.25) is 5.02 Å². The van der Waals surface area contributed by atoms with Crippen LogP contribution < -0.4 is 15.4 Å². The fourth-order valence-corrected chi connectivity index (χ4v) is 4.28. The van der Waals surface area contributed by atoms with Crippen LogP contribution in [0.5, 0.6) is 5.75 Å². The third-order valence-electron chi connectivity index (χ3n) is 6.08. The van der Waals surface area contributed by atoms with E-state index in [-0.39, 0.29) is 18.2 Å². The number of halogens is 1. The van der Waals surface area contributed by atoms with Crippen LogP contribution in [0.25, 0.3) is 10.9 Å². The average molecular weight is 504 g/mol. The number of hydrogen-bond acceptors (Lipinski definition) is 4. The number of nitrogens with zero attached hydrogens (tertiary/aromatic N) is 1. The first-order valence-corrected chi connectivity index (χ1v) is 11.8. The van der Waals surface area contributed by atoms with Crippen LogP contribution in [0.4, 0.5) is 0 Å². The molecular weight excluding hydrogens is 478 g/mol. The molecular formula is C28H26ClN3O4. The van der Waals surface area contributed by atoms with Crippen molar-refractivity contribution in [3.8, 4) is 5.75 Å². The number of rotatable bonds is 9. The zero-order chi connectivity index (χ0) is 25.7. The fraction of sp³-hybridized carbons (Fsp3) is 0.179. The van der Waals surface area contributed by atoms with Gasteiger partial charge in [-0.3, -0.25) is 19.0 Å². The lowest BCUT2D eigenvalue weighted by Crippen LogP contribution is -2.25. The predicted molar refractivity (Wildman–Crippen MR) is 139 cm³/mol. The molecule has 0 aliphatic carbocycles. The quantitative estimate of drug-likeness (QED) is 0.331. The topological polar surface area (TPSA) is 89.4 Å². The van der Waals surface area contributed by atoms with Crippen LogP contribution in [0, 0.1) is 6.92 Å². The molecule has 1 aromatic heterocycles.